The molecule has 0 saturated carbocycles. The van der Waals surface area contributed by atoms with Crippen molar-refractivity contribution in [2.75, 3.05) is 35.5 Å². The van der Waals surface area contributed by atoms with Gasteiger partial charge in [-0.3, -0.25) is 5.09 Å². The van der Waals surface area contributed by atoms with Crippen LogP contribution in [0.15, 0.2) is 91.0 Å². The number of nitrogens with one attached hydrogen (secondary N) is 3. The Bertz CT molecular complexity index is 894. The maximum atomic E-state index is 5.44. The van der Waals surface area contributed by atoms with Gasteiger partial charge in [0.1, 0.15) is 0 Å². The molecule has 0 atom stereocenters. The highest BCUT2D eigenvalue weighted by Crippen LogP contribution is 2.49. The van der Waals surface area contributed by atoms with Gasteiger partial charge in [0.25, 0.3) is 0 Å². The molecule has 0 aliphatic carbocycles. The van der Waals surface area contributed by atoms with Gasteiger partial charge in [0.2, 0.25) is 0 Å². The minimum atomic E-state index is -0.686. The van der Waals surface area contributed by atoms with Crippen molar-refractivity contribution in [2.45, 2.75) is 6.54 Å². The molecule has 0 amide bonds. The van der Waals surface area contributed by atoms with Crippen molar-refractivity contribution in [1.82, 2.24) is 15.7 Å². The summed E-state index contributed by atoms with van der Waals surface area (Å²) in [4.78, 5) is 0. The highest BCUT2D eigenvalue weighted by atomic mass is 32.1. The van der Waals surface area contributed by atoms with Crippen molar-refractivity contribution in [3.05, 3.63) is 96.6 Å². The standard InChI is InChI=1S/C24H28N5PS/c31-24(26-20-21-10-4-1-5-11-21)25-16-17-27-30-28(22-12-6-2-7-13-22)18-19-29(30)23-14-8-3-9-15-23/h1-15,27H,16-20H2,(H2,25,26,31). The Balaban J connectivity index is 1.31. The van der Waals surface area contributed by atoms with Gasteiger partial charge in [-0.15, -0.1) is 0 Å². The molecule has 5 nitrogen and oxygen atoms in total. The maximum absolute atomic E-state index is 5.44. The number of hydrogen-bond donors (Lipinski definition) is 3. The lowest BCUT2D eigenvalue weighted by Gasteiger charge is -2.32. The minimum Gasteiger partial charge on any atom is -0.361 e. The Morgan fingerprint density at radius 3 is 1.77 bits per heavy atom. The quantitative estimate of drug-likeness (QED) is 0.267. The summed E-state index contributed by atoms with van der Waals surface area (Å²) in [6.07, 6.45) is 0. The van der Waals surface area contributed by atoms with Crippen molar-refractivity contribution in [2.24, 2.45) is 0 Å². The topological polar surface area (TPSA) is 42.6 Å². The zero-order chi connectivity index (χ0) is 21.3. The van der Waals surface area contributed by atoms with E-state index in [1.165, 1.54) is 16.9 Å². The molecular weight excluding hydrogens is 421 g/mol. The SMILES string of the molecule is S=C(NCCNP1N(c2ccccc2)CCN1c1ccccc1)NCc1ccccc1. The summed E-state index contributed by atoms with van der Waals surface area (Å²) in [6.45, 7) is 4.33. The predicted octanol–water partition coefficient (Wildman–Crippen LogP) is 4.49. The third-order valence-electron chi connectivity index (χ3n) is 5.05. The summed E-state index contributed by atoms with van der Waals surface area (Å²) >= 11 is 5.44. The van der Waals surface area contributed by atoms with Gasteiger partial charge in [0.05, 0.1) is 0 Å². The largest absolute Gasteiger partial charge is 0.361 e. The van der Waals surface area contributed by atoms with Gasteiger partial charge in [-0.05, 0) is 42.0 Å². The maximum Gasteiger partial charge on any atom is 0.175 e. The van der Waals surface area contributed by atoms with Crippen LogP contribution < -0.4 is 25.1 Å². The normalized spacial score (nSPS) is 13.9. The fourth-order valence-electron chi connectivity index (χ4n) is 3.53. The van der Waals surface area contributed by atoms with Crippen LogP contribution in [-0.2, 0) is 6.54 Å². The van der Waals surface area contributed by atoms with Crippen LogP contribution in [0.5, 0.6) is 0 Å². The van der Waals surface area contributed by atoms with Gasteiger partial charge in [-0.1, -0.05) is 66.7 Å². The second-order valence-corrected chi connectivity index (χ2v) is 9.48. The second kappa shape index (κ2) is 11.1. The van der Waals surface area contributed by atoms with Gasteiger partial charge < -0.3 is 20.0 Å². The van der Waals surface area contributed by atoms with E-state index in [9.17, 15) is 0 Å². The second-order valence-electron chi connectivity index (χ2n) is 7.21. The van der Waals surface area contributed by atoms with E-state index in [4.69, 9.17) is 12.2 Å². The molecule has 0 spiro atoms. The van der Waals surface area contributed by atoms with Crippen LogP contribution >= 0.6 is 20.6 Å². The highest BCUT2D eigenvalue weighted by molar-refractivity contribution is 7.80. The Labute approximate surface area is 191 Å². The fraction of sp³-hybridized carbons (Fsp3) is 0.208. The first-order valence-electron chi connectivity index (χ1n) is 10.6. The van der Waals surface area contributed by atoms with Crippen LogP contribution in [0.25, 0.3) is 0 Å². The van der Waals surface area contributed by atoms with Crippen molar-refractivity contribution in [3.8, 4) is 0 Å². The van der Waals surface area contributed by atoms with E-state index in [0.29, 0.717) is 5.11 Å². The van der Waals surface area contributed by atoms with Gasteiger partial charge in [0.15, 0.2) is 13.5 Å². The Morgan fingerprint density at radius 2 is 1.23 bits per heavy atom. The molecule has 1 heterocycles. The summed E-state index contributed by atoms with van der Waals surface area (Å²) in [5, 5.41) is 11.1. The number of rotatable bonds is 8. The van der Waals surface area contributed by atoms with E-state index in [1.54, 1.807) is 0 Å². The number of nitrogens with zero attached hydrogens (tertiary/aromatic N) is 2. The molecule has 0 unspecified atom stereocenters. The molecule has 1 aliphatic heterocycles. The molecule has 3 aromatic rings. The molecule has 0 aromatic heterocycles. The van der Waals surface area contributed by atoms with Crippen LogP contribution in [-0.4, -0.2) is 31.3 Å². The van der Waals surface area contributed by atoms with E-state index in [2.05, 4.69) is 97.9 Å². The molecule has 31 heavy (non-hydrogen) atoms. The molecule has 3 aromatic carbocycles. The number of thiocarbonyl (C=S) groups is 1. The van der Waals surface area contributed by atoms with Gasteiger partial charge in [-0.2, -0.15) is 0 Å². The molecule has 0 radical (unpaired) electrons. The first kappa shape index (κ1) is 21.6. The van der Waals surface area contributed by atoms with E-state index in [1.807, 2.05) is 18.2 Å². The Kier molecular flexibility index (Phi) is 7.72. The number of benzene rings is 3. The number of hydrogen-bond acceptors (Lipinski definition) is 4. The Morgan fingerprint density at radius 1 is 0.710 bits per heavy atom. The first-order chi connectivity index (χ1) is 15.3. The number of anilines is 2. The molecular formula is C24H28N5PS. The summed E-state index contributed by atoms with van der Waals surface area (Å²) in [5.74, 6) is 0. The molecule has 1 saturated heterocycles. The first-order valence-corrected chi connectivity index (χ1v) is 12.2. The smallest absolute Gasteiger partial charge is 0.175 e. The molecule has 4 rings (SSSR count). The van der Waals surface area contributed by atoms with E-state index < -0.39 is 8.37 Å². The predicted molar refractivity (Wildman–Crippen MR) is 136 cm³/mol. The summed E-state index contributed by atoms with van der Waals surface area (Å²) in [7, 11) is -0.686. The summed E-state index contributed by atoms with van der Waals surface area (Å²) in [5.41, 5.74) is 3.73. The highest BCUT2D eigenvalue weighted by Gasteiger charge is 2.32. The third kappa shape index (κ3) is 5.95. The minimum absolute atomic E-state index is 0.685. The van der Waals surface area contributed by atoms with Crippen molar-refractivity contribution >= 4 is 37.1 Å². The zero-order valence-electron chi connectivity index (χ0n) is 17.4. The average molecular weight is 450 g/mol. The lowest BCUT2D eigenvalue weighted by molar-refractivity contribution is 0.795. The summed E-state index contributed by atoms with van der Waals surface area (Å²) < 4.78 is 4.96. The van der Waals surface area contributed by atoms with Crippen LogP contribution in [0, 0.1) is 0 Å². The molecule has 1 aliphatic rings. The van der Waals surface area contributed by atoms with Crippen molar-refractivity contribution in [3.63, 3.8) is 0 Å². The van der Waals surface area contributed by atoms with Crippen LogP contribution in [0.1, 0.15) is 5.56 Å². The fourth-order valence-corrected chi connectivity index (χ4v) is 5.88. The molecule has 160 valence electrons. The van der Waals surface area contributed by atoms with Gasteiger partial charge >= 0.3 is 0 Å². The number of para-hydroxylation sites is 2. The van der Waals surface area contributed by atoms with Gasteiger partial charge in [-0.25, -0.2) is 0 Å². The van der Waals surface area contributed by atoms with E-state index in [-0.39, 0.29) is 0 Å². The molecule has 0 bridgehead atoms. The lowest BCUT2D eigenvalue weighted by atomic mass is 10.2. The van der Waals surface area contributed by atoms with Crippen LogP contribution in [0.4, 0.5) is 11.4 Å². The molecule has 1 fully saturated rings. The molecule has 7 heteroatoms. The van der Waals surface area contributed by atoms with E-state index in [0.717, 1.165) is 32.7 Å². The summed E-state index contributed by atoms with van der Waals surface area (Å²) in [6, 6.07) is 31.6. The average Bonchev–Trinajstić information content (AvgIpc) is 3.26. The zero-order valence-corrected chi connectivity index (χ0v) is 19.2. The van der Waals surface area contributed by atoms with Crippen molar-refractivity contribution in [1.29, 1.82) is 0 Å². The Hall–Kier alpha value is -2.66. The van der Waals surface area contributed by atoms with Crippen molar-refractivity contribution < 1.29 is 0 Å². The van der Waals surface area contributed by atoms with Crippen LogP contribution in [0.2, 0.25) is 0 Å². The molecule has 3 N–H and O–H groups in total. The third-order valence-corrected chi connectivity index (χ3v) is 7.62. The van der Waals surface area contributed by atoms with Crippen LogP contribution in [0.3, 0.4) is 0 Å². The van der Waals surface area contributed by atoms with E-state index >= 15 is 0 Å². The lowest BCUT2D eigenvalue weighted by Crippen LogP contribution is -2.39. The van der Waals surface area contributed by atoms with Gasteiger partial charge in [0, 0.05) is 44.1 Å². The monoisotopic (exact) mass is 449 g/mol.